The standard InChI is InChI=1S/C14H17F3N2O3/c1-6(2)4-9(14(22)18-3)19-13(21)7-5-8(15)11(17)12(20)10(7)16/h5-6,9,20H,4H2,1-3H3,(H,18,22)(H,19,21)/t9-/m0/s1. The van der Waals surface area contributed by atoms with Crippen molar-refractivity contribution in [2.75, 3.05) is 7.05 Å². The third-order valence-electron chi connectivity index (χ3n) is 2.95. The molecule has 3 N–H and O–H groups in total. The number of carbonyl (C=O) groups is 2. The summed E-state index contributed by atoms with van der Waals surface area (Å²) >= 11 is 0. The van der Waals surface area contributed by atoms with Gasteiger partial charge in [0.1, 0.15) is 6.04 Å². The fourth-order valence-electron chi connectivity index (χ4n) is 1.87. The van der Waals surface area contributed by atoms with Crippen LogP contribution < -0.4 is 10.6 Å². The molecule has 0 saturated carbocycles. The van der Waals surface area contributed by atoms with E-state index >= 15 is 0 Å². The van der Waals surface area contributed by atoms with Crippen molar-refractivity contribution in [2.24, 2.45) is 5.92 Å². The molecule has 2 amide bonds. The number of phenolic OH excluding ortho intramolecular Hbond substituents is 1. The van der Waals surface area contributed by atoms with Gasteiger partial charge in [0.15, 0.2) is 17.4 Å². The number of likely N-dealkylation sites (N-methyl/N-ethyl adjacent to an activating group) is 1. The van der Waals surface area contributed by atoms with Crippen LogP contribution in [-0.2, 0) is 4.79 Å². The van der Waals surface area contributed by atoms with Gasteiger partial charge in [0, 0.05) is 7.05 Å². The van der Waals surface area contributed by atoms with Gasteiger partial charge < -0.3 is 15.7 Å². The summed E-state index contributed by atoms with van der Waals surface area (Å²) in [6.07, 6.45) is 0.267. The predicted octanol–water partition coefficient (Wildman–Crippen LogP) is 1.70. The molecule has 0 heterocycles. The smallest absolute Gasteiger partial charge is 0.255 e. The van der Waals surface area contributed by atoms with Gasteiger partial charge in [-0.1, -0.05) is 13.8 Å². The van der Waals surface area contributed by atoms with E-state index in [1.807, 2.05) is 13.8 Å². The predicted molar refractivity (Wildman–Crippen MR) is 72.8 cm³/mol. The summed E-state index contributed by atoms with van der Waals surface area (Å²) in [4.78, 5) is 23.6. The summed E-state index contributed by atoms with van der Waals surface area (Å²) in [5, 5.41) is 13.7. The molecule has 1 aromatic rings. The first-order valence-corrected chi connectivity index (χ1v) is 6.57. The van der Waals surface area contributed by atoms with Crippen LogP contribution in [0.25, 0.3) is 0 Å². The Morgan fingerprint density at radius 1 is 1.23 bits per heavy atom. The maximum Gasteiger partial charge on any atom is 0.255 e. The first-order valence-electron chi connectivity index (χ1n) is 6.57. The highest BCUT2D eigenvalue weighted by Crippen LogP contribution is 2.25. The van der Waals surface area contributed by atoms with Crippen molar-refractivity contribution in [3.05, 3.63) is 29.1 Å². The number of aromatic hydroxyl groups is 1. The average molecular weight is 318 g/mol. The minimum absolute atomic E-state index is 0.0470. The second kappa shape index (κ2) is 7.15. The topological polar surface area (TPSA) is 78.4 Å². The summed E-state index contributed by atoms with van der Waals surface area (Å²) in [5.41, 5.74) is -0.881. The molecular formula is C14H17F3N2O3. The fraction of sp³-hybridized carbons (Fsp3) is 0.429. The van der Waals surface area contributed by atoms with Gasteiger partial charge in [-0.25, -0.2) is 8.78 Å². The second-order valence-electron chi connectivity index (χ2n) is 5.15. The maximum atomic E-state index is 13.7. The minimum Gasteiger partial charge on any atom is -0.503 e. The SMILES string of the molecule is CNC(=O)[C@H](CC(C)C)NC(=O)c1cc(F)c(F)c(O)c1F. The van der Waals surface area contributed by atoms with Gasteiger partial charge in [-0.2, -0.15) is 4.39 Å². The van der Waals surface area contributed by atoms with Crippen LogP contribution in [0.1, 0.15) is 30.6 Å². The number of rotatable bonds is 5. The molecule has 1 rings (SSSR count). The molecule has 0 radical (unpaired) electrons. The van der Waals surface area contributed by atoms with E-state index in [4.69, 9.17) is 5.11 Å². The Balaban J connectivity index is 3.07. The normalized spacial score (nSPS) is 12.1. The number of benzene rings is 1. The maximum absolute atomic E-state index is 13.7. The van der Waals surface area contributed by atoms with Crippen molar-refractivity contribution in [1.82, 2.24) is 10.6 Å². The monoisotopic (exact) mass is 318 g/mol. The number of phenols is 1. The average Bonchev–Trinajstić information content (AvgIpc) is 2.46. The summed E-state index contributed by atoms with van der Waals surface area (Å²) in [7, 11) is 1.37. The molecule has 5 nitrogen and oxygen atoms in total. The third kappa shape index (κ3) is 3.90. The zero-order chi connectivity index (χ0) is 17.0. The molecule has 0 aliphatic heterocycles. The molecule has 0 spiro atoms. The zero-order valence-electron chi connectivity index (χ0n) is 12.3. The van der Waals surface area contributed by atoms with Crippen LogP contribution >= 0.6 is 0 Å². The Hall–Kier alpha value is -2.25. The van der Waals surface area contributed by atoms with Gasteiger partial charge >= 0.3 is 0 Å². The molecule has 1 aromatic carbocycles. The summed E-state index contributed by atoms with van der Waals surface area (Å²) in [6, 6.07) is -0.636. The van der Waals surface area contributed by atoms with E-state index in [2.05, 4.69) is 10.6 Å². The summed E-state index contributed by atoms with van der Waals surface area (Å²) in [6.45, 7) is 3.62. The highest BCUT2D eigenvalue weighted by atomic mass is 19.2. The number of nitrogens with one attached hydrogen (secondary N) is 2. The number of hydrogen-bond donors (Lipinski definition) is 3. The first kappa shape index (κ1) is 17.8. The van der Waals surface area contributed by atoms with Crippen LogP contribution in [-0.4, -0.2) is 30.0 Å². The lowest BCUT2D eigenvalue weighted by atomic mass is 10.0. The van der Waals surface area contributed by atoms with E-state index in [0.29, 0.717) is 6.07 Å². The Kier molecular flexibility index (Phi) is 5.78. The van der Waals surface area contributed by atoms with Crippen molar-refractivity contribution in [3.8, 4) is 5.75 Å². The molecular weight excluding hydrogens is 301 g/mol. The Bertz CT molecular complexity index is 591. The number of carbonyl (C=O) groups excluding carboxylic acids is 2. The van der Waals surface area contributed by atoms with E-state index in [1.54, 1.807) is 0 Å². The van der Waals surface area contributed by atoms with Crippen LogP contribution in [0.15, 0.2) is 6.07 Å². The van der Waals surface area contributed by atoms with E-state index < -0.39 is 46.6 Å². The molecule has 0 bridgehead atoms. The van der Waals surface area contributed by atoms with Crippen molar-refractivity contribution in [1.29, 1.82) is 0 Å². The molecule has 0 saturated heterocycles. The van der Waals surface area contributed by atoms with Gasteiger partial charge in [-0.05, 0) is 18.4 Å². The van der Waals surface area contributed by atoms with Crippen molar-refractivity contribution in [3.63, 3.8) is 0 Å². The largest absolute Gasteiger partial charge is 0.503 e. The van der Waals surface area contributed by atoms with E-state index in [-0.39, 0.29) is 12.3 Å². The molecule has 0 unspecified atom stereocenters. The quantitative estimate of drug-likeness (QED) is 0.723. The molecule has 0 fully saturated rings. The molecule has 1 atom stereocenters. The molecule has 0 aliphatic carbocycles. The number of hydrogen-bond acceptors (Lipinski definition) is 3. The van der Waals surface area contributed by atoms with Gasteiger partial charge in [-0.3, -0.25) is 9.59 Å². The van der Waals surface area contributed by atoms with Crippen molar-refractivity contribution >= 4 is 11.8 Å². The van der Waals surface area contributed by atoms with Crippen LogP contribution in [0.4, 0.5) is 13.2 Å². The highest BCUT2D eigenvalue weighted by molar-refractivity contribution is 5.98. The molecule has 8 heteroatoms. The van der Waals surface area contributed by atoms with E-state index in [0.717, 1.165) is 0 Å². The first-order chi connectivity index (χ1) is 10.2. The van der Waals surface area contributed by atoms with Crippen LogP contribution in [0.3, 0.4) is 0 Å². The number of halogens is 3. The second-order valence-corrected chi connectivity index (χ2v) is 5.15. The fourth-order valence-corrected chi connectivity index (χ4v) is 1.87. The lowest BCUT2D eigenvalue weighted by molar-refractivity contribution is -0.122. The Morgan fingerprint density at radius 2 is 1.82 bits per heavy atom. The lowest BCUT2D eigenvalue weighted by Crippen LogP contribution is -2.46. The minimum atomic E-state index is -1.78. The third-order valence-corrected chi connectivity index (χ3v) is 2.95. The van der Waals surface area contributed by atoms with Crippen LogP contribution in [0.5, 0.6) is 5.75 Å². The number of amides is 2. The van der Waals surface area contributed by atoms with E-state index in [9.17, 15) is 22.8 Å². The molecule has 22 heavy (non-hydrogen) atoms. The van der Waals surface area contributed by atoms with Crippen molar-refractivity contribution < 1.29 is 27.9 Å². The zero-order valence-corrected chi connectivity index (χ0v) is 12.3. The van der Waals surface area contributed by atoms with Crippen LogP contribution in [0.2, 0.25) is 0 Å². The molecule has 122 valence electrons. The van der Waals surface area contributed by atoms with Crippen LogP contribution in [0, 0.1) is 23.4 Å². The van der Waals surface area contributed by atoms with Gasteiger partial charge in [-0.15, -0.1) is 0 Å². The highest BCUT2D eigenvalue weighted by Gasteiger charge is 2.26. The lowest BCUT2D eigenvalue weighted by Gasteiger charge is -2.19. The van der Waals surface area contributed by atoms with Crippen molar-refractivity contribution in [2.45, 2.75) is 26.3 Å². The van der Waals surface area contributed by atoms with Gasteiger partial charge in [0.25, 0.3) is 5.91 Å². The molecule has 0 aromatic heterocycles. The Morgan fingerprint density at radius 3 is 2.32 bits per heavy atom. The van der Waals surface area contributed by atoms with Gasteiger partial charge in [0.2, 0.25) is 11.7 Å². The van der Waals surface area contributed by atoms with Gasteiger partial charge in [0.05, 0.1) is 5.56 Å². The molecule has 0 aliphatic rings. The Labute approximate surface area is 125 Å². The summed E-state index contributed by atoms with van der Waals surface area (Å²) in [5.74, 6) is -8.09. The van der Waals surface area contributed by atoms with E-state index in [1.165, 1.54) is 7.05 Å². The summed E-state index contributed by atoms with van der Waals surface area (Å²) < 4.78 is 39.9.